The fourth-order valence-corrected chi connectivity index (χ4v) is 11.9. The predicted molar refractivity (Wildman–Crippen MR) is 182 cm³/mol. The van der Waals surface area contributed by atoms with E-state index in [-0.39, 0.29) is 56.8 Å². The third kappa shape index (κ3) is 4.94. The number of carbonyl (C=O) groups excluding carboxylic acids is 3. The molecule has 4 fully saturated rings. The Morgan fingerprint density at radius 2 is 1.59 bits per heavy atom. The molecule has 1 aromatic carbocycles. The summed E-state index contributed by atoms with van der Waals surface area (Å²) in [4.78, 5) is 41.1. The van der Waals surface area contributed by atoms with E-state index in [2.05, 4.69) is 65.2 Å². The standard InChI is InChI=1S/C40H58N2O4/c1-35(2)30-14-17-40(7)33(38(30,5)16-15-31(35)42-32(44)24-41-8)29(43)22-27-28-23-37(4,19-18-36(28,3)20-21-39(27,40)6)34(45)46-25-26-12-10-9-11-13-26/h9-13,22,28,30-31,33,41H,14-21,23-25H2,1-8H3,(H,42,44)/t28-,30-,31-,33+,36+,37-,38-,39+,40+/m0/s1. The number of esters is 1. The number of ether oxygens (including phenoxy) is 1. The van der Waals surface area contributed by atoms with E-state index >= 15 is 0 Å². The zero-order chi connectivity index (χ0) is 33.3. The second kappa shape index (κ2) is 11.3. The molecule has 46 heavy (non-hydrogen) atoms. The number of amides is 1. The van der Waals surface area contributed by atoms with Crippen LogP contribution in [-0.4, -0.2) is 37.3 Å². The van der Waals surface area contributed by atoms with Gasteiger partial charge in [-0.15, -0.1) is 0 Å². The normalized spacial score (nSPS) is 42.8. The number of benzene rings is 1. The Morgan fingerprint density at radius 1 is 0.891 bits per heavy atom. The van der Waals surface area contributed by atoms with Crippen LogP contribution in [0.2, 0.25) is 0 Å². The van der Waals surface area contributed by atoms with Crippen LogP contribution in [-0.2, 0) is 25.7 Å². The molecule has 0 spiro atoms. The average Bonchev–Trinajstić information content (AvgIpc) is 3.00. The molecule has 1 amide bonds. The molecule has 0 aromatic heterocycles. The van der Waals surface area contributed by atoms with E-state index in [1.807, 2.05) is 30.3 Å². The molecule has 2 N–H and O–H groups in total. The first kappa shape index (κ1) is 33.4. The van der Waals surface area contributed by atoms with Gasteiger partial charge in [-0.1, -0.05) is 77.4 Å². The number of likely N-dealkylation sites (N-methyl/N-ethyl adjacent to an activating group) is 1. The van der Waals surface area contributed by atoms with Crippen LogP contribution >= 0.6 is 0 Å². The van der Waals surface area contributed by atoms with Crippen LogP contribution in [0.3, 0.4) is 0 Å². The van der Waals surface area contributed by atoms with Crippen molar-refractivity contribution in [2.75, 3.05) is 13.6 Å². The first-order chi connectivity index (χ1) is 21.5. The summed E-state index contributed by atoms with van der Waals surface area (Å²) in [6, 6.07) is 10.0. The summed E-state index contributed by atoms with van der Waals surface area (Å²) in [5.41, 5.74) is 1.35. The average molecular weight is 631 g/mol. The number of hydrogen-bond acceptors (Lipinski definition) is 5. The molecule has 0 aliphatic heterocycles. The highest BCUT2D eigenvalue weighted by Crippen LogP contribution is 2.75. The Bertz CT molecular complexity index is 1420. The minimum atomic E-state index is -0.567. The highest BCUT2D eigenvalue weighted by Gasteiger charge is 2.70. The van der Waals surface area contributed by atoms with Gasteiger partial charge < -0.3 is 15.4 Å². The van der Waals surface area contributed by atoms with Crippen LogP contribution in [0.25, 0.3) is 0 Å². The Hall–Kier alpha value is -2.47. The Balaban J connectivity index is 1.30. The molecule has 0 bridgehead atoms. The summed E-state index contributed by atoms with van der Waals surface area (Å²) < 4.78 is 5.95. The second-order valence-corrected chi connectivity index (χ2v) is 17.8. The minimum Gasteiger partial charge on any atom is -0.460 e. The summed E-state index contributed by atoms with van der Waals surface area (Å²) in [5.74, 6) is 0.741. The van der Waals surface area contributed by atoms with E-state index in [1.165, 1.54) is 5.57 Å². The molecule has 4 saturated carbocycles. The van der Waals surface area contributed by atoms with Gasteiger partial charge in [-0.25, -0.2) is 0 Å². The topological polar surface area (TPSA) is 84.5 Å². The number of allylic oxidation sites excluding steroid dienone is 2. The molecule has 0 unspecified atom stereocenters. The van der Waals surface area contributed by atoms with Crippen LogP contribution in [0.1, 0.15) is 112 Å². The molecule has 1 aromatic rings. The lowest BCUT2D eigenvalue weighted by molar-refractivity contribution is -0.190. The fraction of sp³-hybridized carbons (Fsp3) is 0.725. The summed E-state index contributed by atoms with van der Waals surface area (Å²) >= 11 is 0. The van der Waals surface area contributed by atoms with Crippen LogP contribution in [0.15, 0.2) is 42.0 Å². The van der Waals surface area contributed by atoms with E-state index in [9.17, 15) is 14.4 Å². The summed E-state index contributed by atoms with van der Waals surface area (Å²) in [5, 5.41) is 6.32. The lowest BCUT2D eigenvalue weighted by Crippen LogP contribution is -2.68. The summed E-state index contributed by atoms with van der Waals surface area (Å²) in [6.07, 6.45) is 10.8. The molecular formula is C40H58N2O4. The highest BCUT2D eigenvalue weighted by molar-refractivity contribution is 5.95. The van der Waals surface area contributed by atoms with Gasteiger partial charge in [0.25, 0.3) is 0 Å². The molecule has 252 valence electrons. The van der Waals surface area contributed by atoms with E-state index in [1.54, 1.807) is 7.05 Å². The van der Waals surface area contributed by atoms with Crippen molar-refractivity contribution >= 4 is 17.7 Å². The molecular weight excluding hydrogens is 572 g/mol. The maximum Gasteiger partial charge on any atom is 0.312 e. The van der Waals surface area contributed by atoms with Crippen molar-refractivity contribution in [1.29, 1.82) is 0 Å². The van der Waals surface area contributed by atoms with E-state index in [0.717, 1.165) is 63.4 Å². The van der Waals surface area contributed by atoms with Crippen LogP contribution in [0.5, 0.6) is 0 Å². The second-order valence-electron chi connectivity index (χ2n) is 17.8. The molecule has 6 rings (SSSR count). The summed E-state index contributed by atoms with van der Waals surface area (Å²) in [6.45, 7) is 17.1. The largest absolute Gasteiger partial charge is 0.460 e. The Labute approximate surface area is 277 Å². The van der Waals surface area contributed by atoms with Gasteiger partial charge in [-0.05, 0) is 122 Å². The molecule has 5 aliphatic rings. The van der Waals surface area contributed by atoms with Gasteiger partial charge in [0, 0.05) is 12.0 Å². The van der Waals surface area contributed by atoms with Crippen molar-refractivity contribution in [1.82, 2.24) is 10.6 Å². The number of carbonyl (C=O) groups is 3. The van der Waals surface area contributed by atoms with E-state index in [0.29, 0.717) is 24.9 Å². The van der Waals surface area contributed by atoms with Crippen LogP contribution < -0.4 is 10.6 Å². The number of nitrogens with one attached hydrogen (secondary N) is 2. The Kier molecular flexibility index (Phi) is 8.22. The molecule has 6 nitrogen and oxygen atoms in total. The van der Waals surface area contributed by atoms with Gasteiger partial charge in [-0.2, -0.15) is 0 Å². The summed E-state index contributed by atoms with van der Waals surface area (Å²) in [7, 11) is 1.81. The zero-order valence-corrected chi connectivity index (χ0v) is 29.7. The van der Waals surface area contributed by atoms with Crippen molar-refractivity contribution in [2.24, 2.45) is 50.2 Å². The number of hydrogen-bond donors (Lipinski definition) is 2. The number of fused-ring (bicyclic) bond motifs is 7. The van der Waals surface area contributed by atoms with Gasteiger partial charge in [0.1, 0.15) is 6.61 Å². The van der Waals surface area contributed by atoms with E-state index in [4.69, 9.17) is 4.74 Å². The quantitative estimate of drug-likeness (QED) is 0.320. The maximum atomic E-state index is 14.7. The van der Waals surface area contributed by atoms with Crippen LogP contribution in [0.4, 0.5) is 0 Å². The molecule has 0 radical (unpaired) electrons. The highest BCUT2D eigenvalue weighted by atomic mass is 16.5. The third-order valence-corrected chi connectivity index (χ3v) is 15.0. The molecule has 5 aliphatic carbocycles. The molecule has 0 saturated heterocycles. The third-order valence-electron chi connectivity index (χ3n) is 15.0. The first-order valence-corrected chi connectivity index (χ1v) is 18.0. The van der Waals surface area contributed by atoms with Gasteiger partial charge in [0.15, 0.2) is 5.78 Å². The van der Waals surface area contributed by atoms with Gasteiger partial charge in [-0.3, -0.25) is 14.4 Å². The van der Waals surface area contributed by atoms with E-state index < -0.39 is 5.41 Å². The van der Waals surface area contributed by atoms with Gasteiger partial charge in [0.05, 0.1) is 12.0 Å². The minimum absolute atomic E-state index is 0.0455. The number of rotatable bonds is 6. The zero-order valence-electron chi connectivity index (χ0n) is 29.7. The number of ketones is 1. The SMILES string of the molecule is CNCC(=O)N[C@H]1CC[C@]2(C)[C@H]3C(=O)C=C4[C@@H]5C[C@@](C)(C(=O)OCc6ccccc6)CC[C@]5(C)CC[C@@]4(C)[C@]3(C)CC[C@H]2C1(C)C. The molecule has 6 heteroatoms. The Morgan fingerprint density at radius 3 is 2.28 bits per heavy atom. The van der Waals surface area contributed by atoms with Crippen molar-refractivity contribution in [3.63, 3.8) is 0 Å². The van der Waals surface area contributed by atoms with Crippen molar-refractivity contribution in [3.05, 3.63) is 47.5 Å². The van der Waals surface area contributed by atoms with Crippen molar-refractivity contribution in [3.8, 4) is 0 Å². The lowest BCUT2D eigenvalue weighted by atomic mass is 9.33. The predicted octanol–water partition coefficient (Wildman–Crippen LogP) is 7.41. The maximum absolute atomic E-state index is 14.7. The monoisotopic (exact) mass is 630 g/mol. The molecule has 9 atom stereocenters. The fourth-order valence-electron chi connectivity index (χ4n) is 11.9. The first-order valence-electron chi connectivity index (χ1n) is 18.0. The van der Waals surface area contributed by atoms with Gasteiger partial charge >= 0.3 is 5.97 Å². The lowest BCUT2D eigenvalue weighted by Gasteiger charge is -2.70. The smallest absolute Gasteiger partial charge is 0.312 e. The molecule has 0 heterocycles. The van der Waals surface area contributed by atoms with Crippen LogP contribution in [0, 0.1) is 50.2 Å². The van der Waals surface area contributed by atoms with Crippen molar-refractivity contribution in [2.45, 2.75) is 119 Å². The van der Waals surface area contributed by atoms with Crippen molar-refractivity contribution < 1.29 is 19.1 Å². The van der Waals surface area contributed by atoms with Gasteiger partial charge in [0.2, 0.25) is 5.91 Å².